The molecule has 0 aromatic heterocycles. The summed E-state index contributed by atoms with van der Waals surface area (Å²) in [7, 11) is 0. The summed E-state index contributed by atoms with van der Waals surface area (Å²) < 4.78 is 21.9. The lowest BCUT2D eigenvalue weighted by molar-refractivity contribution is -0.157. The van der Waals surface area contributed by atoms with Crippen molar-refractivity contribution in [2.45, 2.75) is 50.8 Å². The Balaban J connectivity index is 1.94. The molecule has 0 aliphatic carbocycles. The third-order valence-corrected chi connectivity index (χ3v) is 2.83. The van der Waals surface area contributed by atoms with E-state index >= 15 is 0 Å². The maximum Gasteiger partial charge on any atom is 0.371 e. The van der Waals surface area contributed by atoms with E-state index in [-0.39, 0.29) is 36.8 Å². The SMILES string of the molecule is CC(C)(C)OC1CO[C@H]2C(OC(=O)C=O)COC12. The summed E-state index contributed by atoms with van der Waals surface area (Å²) in [6.45, 7) is 6.51. The number of ether oxygens (including phenoxy) is 4. The molecule has 0 N–H and O–H groups in total. The summed E-state index contributed by atoms with van der Waals surface area (Å²) in [5.74, 6) is -0.895. The van der Waals surface area contributed by atoms with Crippen LogP contribution in [-0.2, 0) is 28.5 Å². The molecule has 2 heterocycles. The zero-order valence-electron chi connectivity index (χ0n) is 10.8. The van der Waals surface area contributed by atoms with Gasteiger partial charge in [-0.15, -0.1) is 0 Å². The Morgan fingerprint density at radius 2 is 1.72 bits per heavy atom. The van der Waals surface area contributed by atoms with Crippen molar-refractivity contribution < 1.29 is 28.5 Å². The van der Waals surface area contributed by atoms with Crippen molar-refractivity contribution in [1.82, 2.24) is 0 Å². The lowest BCUT2D eigenvalue weighted by Gasteiger charge is -2.26. The van der Waals surface area contributed by atoms with Gasteiger partial charge in [-0.2, -0.15) is 0 Å². The molecule has 0 bridgehead atoms. The van der Waals surface area contributed by atoms with Crippen LogP contribution < -0.4 is 0 Å². The van der Waals surface area contributed by atoms with E-state index in [4.69, 9.17) is 18.9 Å². The van der Waals surface area contributed by atoms with Crippen LogP contribution in [0.15, 0.2) is 0 Å². The third-order valence-electron chi connectivity index (χ3n) is 2.83. The van der Waals surface area contributed by atoms with Crippen LogP contribution in [0.2, 0.25) is 0 Å². The Hall–Kier alpha value is -0.980. The number of hydrogen-bond acceptors (Lipinski definition) is 6. The van der Waals surface area contributed by atoms with Crippen LogP contribution in [0.4, 0.5) is 0 Å². The first kappa shape index (κ1) is 13.5. The van der Waals surface area contributed by atoms with Gasteiger partial charge >= 0.3 is 5.97 Å². The quantitative estimate of drug-likeness (QED) is 0.405. The summed E-state index contributed by atoms with van der Waals surface area (Å²) in [5, 5.41) is 0. The highest BCUT2D eigenvalue weighted by atomic mass is 16.7. The molecule has 18 heavy (non-hydrogen) atoms. The van der Waals surface area contributed by atoms with Crippen LogP contribution in [0.25, 0.3) is 0 Å². The smallest absolute Gasteiger partial charge is 0.371 e. The Kier molecular flexibility index (Phi) is 3.70. The number of rotatable bonds is 3. The third kappa shape index (κ3) is 2.88. The van der Waals surface area contributed by atoms with Crippen molar-refractivity contribution in [2.75, 3.05) is 13.2 Å². The molecule has 6 nitrogen and oxygen atoms in total. The second-order valence-electron chi connectivity index (χ2n) is 5.46. The maximum atomic E-state index is 10.9. The van der Waals surface area contributed by atoms with Crippen LogP contribution in [0, 0.1) is 0 Å². The van der Waals surface area contributed by atoms with E-state index < -0.39 is 12.1 Å². The molecule has 3 unspecified atom stereocenters. The van der Waals surface area contributed by atoms with Gasteiger partial charge in [0, 0.05) is 0 Å². The van der Waals surface area contributed by atoms with E-state index in [9.17, 15) is 9.59 Å². The Morgan fingerprint density at radius 3 is 2.28 bits per heavy atom. The van der Waals surface area contributed by atoms with Crippen molar-refractivity contribution in [3.05, 3.63) is 0 Å². The highest BCUT2D eigenvalue weighted by molar-refractivity contribution is 6.20. The van der Waals surface area contributed by atoms with Gasteiger partial charge in [-0.1, -0.05) is 0 Å². The Labute approximate surface area is 106 Å². The molecule has 0 radical (unpaired) electrons. The summed E-state index contributed by atoms with van der Waals surface area (Å²) in [6.07, 6.45) is -1.14. The van der Waals surface area contributed by atoms with E-state index in [1.54, 1.807) is 0 Å². The molecule has 2 saturated heterocycles. The summed E-state index contributed by atoms with van der Waals surface area (Å²) >= 11 is 0. The van der Waals surface area contributed by atoms with Gasteiger partial charge in [-0.05, 0) is 20.8 Å². The second-order valence-corrected chi connectivity index (χ2v) is 5.46. The lowest BCUT2D eigenvalue weighted by atomic mass is 10.1. The van der Waals surface area contributed by atoms with Gasteiger partial charge in [0.25, 0.3) is 0 Å². The van der Waals surface area contributed by atoms with Crippen molar-refractivity contribution in [1.29, 1.82) is 0 Å². The Morgan fingerprint density at radius 1 is 1.17 bits per heavy atom. The van der Waals surface area contributed by atoms with Gasteiger partial charge < -0.3 is 18.9 Å². The largest absolute Gasteiger partial charge is 0.451 e. The fourth-order valence-corrected chi connectivity index (χ4v) is 2.26. The minimum Gasteiger partial charge on any atom is -0.451 e. The van der Waals surface area contributed by atoms with Crippen LogP contribution in [0.5, 0.6) is 0 Å². The number of carbonyl (C=O) groups is 2. The molecule has 4 atom stereocenters. The molecule has 0 amide bonds. The fraction of sp³-hybridized carbons (Fsp3) is 0.833. The molecule has 2 aliphatic rings. The van der Waals surface area contributed by atoms with E-state index in [0.29, 0.717) is 6.61 Å². The molecule has 0 spiro atoms. The zero-order chi connectivity index (χ0) is 13.3. The minimum absolute atomic E-state index is 0.144. The predicted octanol–water partition coefficient (Wildman–Crippen LogP) is 0.0784. The monoisotopic (exact) mass is 258 g/mol. The molecule has 102 valence electrons. The first-order valence-electron chi connectivity index (χ1n) is 5.97. The highest BCUT2D eigenvalue weighted by Crippen LogP contribution is 2.32. The molecule has 0 aromatic carbocycles. The van der Waals surface area contributed by atoms with Crippen molar-refractivity contribution in [2.24, 2.45) is 0 Å². The van der Waals surface area contributed by atoms with Crippen LogP contribution in [0.3, 0.4) is 0 Å². The van der Waals surface area contributed by atoms with Crippen molar-refractivity contribution in [3.63, 3.8) is 0 Å². The highest BCUT2D eigenvalue weighted by Gasteiger charge is 2.50. The van der Waals surface area contributed by atoms with Crippen molar-refractivity contribution >= 4 is 12.3 Å². The van der Waals surface area contributed by atoms with Crippen LogP contribution in [-0.4, -0.2) is 55.5 Å². The summed E-state index contributed by atoms with van der Waals surface area (Å²) in [4.78, 5) is 21.2. The van der Waals surface area contributed by atoms with Gasteiger partial charge in [0.15, 0.2) is 6.10 Å². The maximum absolute atomic E-state index is 10.9. The predicted molar refractivity (Wildman–Crippen MR) is 60.1 cm³/mol. The topological polar surface area (TPSA) is 71.1 Å². The molecule has 2 rings (SSSR count). The molecule has 2 aliphatic heterocycles. The van der Waals surface area contributed by atoms with Gasteiger partial charge in [0.1, 0.15) is 18.3 Å². The number of fused-ring (bicyclic) bond motifs is 1. The average Bonchev–Trinajstić information content (AvgIpc) is 2.81. The van der Waals surface area contributed by atoms with E-state index in [1.807, 2.05) is 20.8 Å². The molecular formula is C12H18O6. The number of carbonyl (C=O) groups excluding carboxylic acids is 2. The summed E-state index contributed by atoms with van der Waals surface area (Å²) in [6, 6.07) is 0. The average molecular weight is 258 g/mol. The number of aldehydes is 1. The summed E-state index contributed by atoms with van der Waals surface area (Å²) in [5.41, 5.74) is -0.288. The second kappa shape index (κ2) is 4.95. The molecule has 0 saturated carbocycles. The first-order chi connectivity index (χ1) is 8.40. The van der Waals surface area contributed by atoms with Crippen molar-refractivity contribution in [3.8, 4) is 0 Å². The van der Waals surface area contributed by atoms with Gasteiger partial charge in [0.05, 0.1) is 18.8 Å². The van der Waals surface area contributed by atoms with Gasteiger partial charge in [-0.3, -0.25) is 4.79 Å². The number of esters is 1. The lowest BCUT2D eigenvalue weighted by Crippen LogP contribution is -2.38. The standard InChI is InChI=1S/C12H18O6/c1-12(2,3)18-8-6-16-10-7(5-15-11(8)10)17-9(14)4-13/h4,7-8,10-11H,5-6H2,1-3H3/t7?,8?,10-,11?/m0/s1. The van der Waals surface area contributed by atoms with Gasteiger partial charge in [0.2, 0.25) is 6.29 Å². The van der Waals surface area contributed by atoms with Crippen LogP contribution >= 0.6 is 0 Å². The molecule has 6 heteroatoms. The molecular weight excluding hydrogens is 240 g/mol. The van der Waals surface area contributed by atoms with E-state index in [0.717, 1.165) is 0 Å². The van der Waals surface area contributed by atoms with E-state index in [1.165, 1.54) is 0 Å². The van der Waals surface area contributed by atoms with E-state index in [2.05, 4.69) is 0 Å². The molecule has 0 aromatic rings. The minimum atomic E-state index is -0.895. The molecule has 2 fully saturated rings. The van der Waals surface area contributed by atoms with Gasteiger partial charge in [-0.25, -0.2) is 4.79 Å². The van der Waals surface area contributed by atoms with Crippen LogP contribution in [0.1, 0.15) is 20.8 Å². The number of hydrogen-bond donors (Lipinski definition) is 0. The normalized spacial score (nSPS) is 35.3. The Bertz CT molecular complexity index is 334. The fourth-order valence-electron chi connectivity index (χ4n) is 2.26. The first-order valence-corrected chi connectivity index (χ1v) is 5.97. The zero-order valence-corrected chi connectivity index (χ0v) is 10.8.